The van der Waals surface area contributed by atoms with Crippen LogP contribution in [0.25, 0.3) is 12.3 Å². The van der Waals surface area contributed by atoms with Gasteiger partial charge in [-0.05, 0) is 13.8 Å². The molecule has 1 aromatic heterocycles. The van der Waals surface area contributed by atoms with Crippen LogP contribution in [0.3, 0.4) is 0 Å². The first-order chi connectivity index (χ1) is 6.58. The molecule has 1 aliphatic rings. The maximum absolute atomic E-state index is 11.2. The second-order valence-corrected chi connectivity index (χ2v) is 3.16. The van der Waals surface area contributed by atoms with Crippen molar-refractivity contribution in [3.8, 4) is 0 Å². The van der Waals surface area contributed by atoms with Gasteiger partial charge in [0, 0.05) is 5.70 Å². The minimum atomic E-state index is -0.278. The first kappa shape index (κ1) is 8.68. The van der Waals surface area contributed by atoms with E-state index in [4.69, 9.17) is 0 Å². The molecule has 0 aliphatic carbocycles. The molecule has 1 aliphatic heterocycles. The molecular formula is C9H10N4O. The van der Waals surface area contributed by atoms with Crippen molar-refractivity contribution >= 4 is 23.9 Å². The van der Waals surface area contributed by atoms with E-state index in [2.05, 4.69) is 26.9 Å². The smallest absolute Gasteiger partial charge is 0.273 e. The van der Waals surface area contributed by atoms with E-state index in [1.54, 1.807) is 0 Å². The molecule has 0 aromatic carbocycles. The van der Waals surface area contributed by atoms with E-state index in [0.29, 0.717) is 11.2 Å². The second-order valence-electron chi connectivity index (χ2n) is 3.16. The minimum absolute atomic E-state index is 0.190. The lowest BCUT2D eigenvalue weighted by atomic mass is 10.3. The molecule has 72 valence electrons. The van der Waals surface area contributed by atoms with Gasteiger partial charge >= 0.3 is 0 Å². The van der Waals surface area contributed by atoms with Crippen molar-refractivity contribution in [1.29, 1.82) is 0 Å². The van der Waals surface area contributed by atoms with Crippen LogP contribution in [0.15, 0.2) is 9.79 Å². The summed E-state index contributed by atoms with van der Waals surface area (Å²) in [6.07, 6.45) is 0. The number of nitrogens with zero attached hydrogens (tertiary/aromatic N) is 2. The number of aromatic nitrogens is 2. The Bertz CT molecular complexity index is 582. The molecule has 0 fully saturated rings. The van der Waals surface area contributed by atoms with Crippen molar-refractivity contribution in [2.45, 2.75) is 13.8 Å². The number of aromatic amines is 1. The Kier molecular flexibility index (Phi) is 1.73. The van der Waals surface area contributed by atoms with Gasteiger partial charge in [-0.1, -0.05) is 6.58 Å². The van der Waals surface area contributed by atoms with Crippen LogP contribution in [0.2, 0.25) is 0 Å². The zero-order valence-electron chi connectivity index (χ0n) is 8.01. The summed E-state index contributed by atoms with van der Waals surface area (Å²) in [7, 11) is 0. The van der Waals surface area contributed by atoms with Crippen LogP contribution in [-0.2, 0) is 0 Å². The number of fused-ring (bicyclic) bond motifs is 1. The van der Waals surface area contributed by atoms with Gasteiger partial charge in [-0.15, -0.1) is 0 Å². The van der Waals surface area contributed by atoms with Gasteiger partial charge in [0.15, 0.2) is 5.82 Å². The van der Waals surface area contributed by atoms with Crippen molar-refractivity contribution in [3.63, 3.8) is 0 Å². The van der Waals surface area contributed by atoms with Crippen LogP contribution >= 0.6 is 0 Å². The van der Waals surface area contributed by atoms with Crippen LogP contribution in [-0.4, -0.2) is 15.8 Å². The Morgan fingerprint density at radius 2 is 2.07 bits per heavy atom. The van der Waals surface area contributed by atoms with Gasteiger partial charge in [0.05, 0.1) is 0 Å². The lowest BCUT2D eigenvalue weighted by Crippen LogP contribution is -2.40. The van der Waals surface area contributed by atoms with Gasteiger partial charge in [-0.3, -0.25) is 4.79 Å². The monoisotopic (exact) mass is 190 g/mol. The van der Waals surface area contributed by atoms with E-state index < -0.39 is 0 Å². The van der Waals surface area contributed by atoms with Crippen molar-refractivity contribution in [2.75, 3.05) is 0 Å². The van der Waals surface area contributed by atoms with E-state index in [1.165, 1.54) is 0 Å². The molecule has 2 heterocycles. The average Bonchev–Trinajstić information content (AvgIpc) is 2.08. The molecule has 5 heteroatoms. The molecule has 5 nitrogen and oxygen atoms in total. The van der Waals surface area contributed by atoms with E-state index >= 15 is 0 Å². The van der Waals surface area contributed by atoms with Crippen LogP contribution in [0.1, 0.15) is 13.8 Å². The maximum Gasteiger partial charge on any atom is 0.273 e. The fourth-order valence-corrected chi connectivity index (χ4v) is 1.34. The molecule has 0 saturated carbocycles. The second kappa shape index (κ2) is 2.80. The number of hydrogen-bond donors (Lipinski definition) is 2. The summed E-state index contributed by atoms with van der Waals surface area (Å²) in [4.78, 5) is 22.1. The Labute approximate surface area is 79.9 Å². The van der Waals surface area contributed by atoms with Crippen molar-refractivity contribution < 1.29 is 0 Å². The molecule has 1 aromatic rings. The van der Waals surface area contributed by atoms with Crippen LogP contribution in [0.5, 0.6) is 0 Å². The van der Waals surface area contributed by atoms with E-state index in [0.717, 1.165) is 11.5 Å². The topological polar surface area (TPSA) is 70.1 Å². The first-order valence-electron chi connectivity index (χ1n) is 4.20. The lowest BCUT2D eigenvalue weighted by Gasteiger charge is -2.11. The van der Waals surface area contributed by atoms with Crippen molar-refractivity contribution in [1.82, 2.24) is 15.3 Å². The summed E-state index contributed by atoms with van der Waals surface area (Å²) in [5.41, 5.74) is 0.566. The molecule has 0 bridgehead atoms. The Hall–Kier alpha value is -1.91. The highest BCUT2D eigenvalue weighted by molar-refractivity contribution is 5.89. The van der Waals surface area contributed by atoms with Crippen LogP contribution in [0.4, 0.5) is 5.82 Å². The van der Waals surface area contributed by atoms with Gasteiger partial charge in [-0.25, -0.2) is 9.98 Å². The third-order valence-electron chi connectivity index (χ3n) is 1.98. The van der Waals surface area contributed by atoms with E-state index in [-0.39, 0.29) is 10.9 Å². The molecule has 0 saturated heterocycles. The molecular weight excluding hydrogens is 180 g/mol. The fraction of sp³-hybridized carbons (Fsp3) is 0.222. The molecule has 2 N–H and O–H groups in total. The molecule has 2 rings (SSSR count). The molecule has 0 radical (unpaired) electrons. The summed E-state index contributed by atoms with van der Waals surface area (Å²) < 4.78 is 0. The fourth-order valence-electron chi connectivity index (χ4n) is 1.34. The van der Waals surface area contributed by atoms with Crippen molar-refractivity contribution in [2.24, 2.45) is 4.99 Å². The summed E-state index contributed by atoms with van der Waals surface area (Å²) >= 11 is 0. The summed E-state index contributed by atoms with van der Waals surface area (Å²) in [6, 6.07) is 0. The number of amidine groups is 1. The zero-order chi connectivity index (χ0) is 10.3. The molecule has 0 amide bonds. The Balaban J connectivity index is 2.91. The molecule has 0 spiro atoms. The Morgan fingerprint density at radius 1 is 1.36 bits per heavy atom. The minimum Gasteiger partial charge on any atom is -0.346 e. The van der Waals surface area contributed by atoms with Crippen LogP contribution < -0.4 is 21.6 Å². The van der Waals surface area contributed by atoms with Gasteiger partial charge in [0.25, 0.3) is 5.56 Å². The highest BCUT2D eigenvalue weighted by Crippen LogP contribution is 2.01. The molecule has 0 atom stereocenters. The number of aliphatic imine (C=N–C) groups is 1. The van der Waals surface area contributed by atoms with E-state index in [9.17, 15) is 4.79 Å². The third-order valence-corrected chi connectivity index (χ3v) is 1.98. The quantitative estimate of drug-likeness (QED) is 0.549. The first-order valence-corrected chi connectivity index (χ1v) is 4.20. The predicted molar refractivity (Wildman–Crippen MR) is 54.6 cm³/mol. The standard InChI is InChI=1S/C9H10N4O/c1-4-7-8(12-6(3)10-4)11-5(2)9(14)13-7/h2H2,1,3H3,(H,13,14)(H,10,11,12). The maximum atomic E-state index is 11.2. The SMILES string of the molecule is C=c1nc2c([nH]c1=O)=C(C)NC(C)=N2. The highest BCUT2D eigenvalue weighted by atomic mass is 16.1. The van der Waals surface area contributed by atoms with Gasteiger partial charge < -0.3 is 10.3 Å². The summed E-state index contributed by atoms with van der Waals surface area (Å²) in [6.45, 7) is 7.22. The average molecular weight is 190 g/mol. The number of hydrogen-bond acceptors (Lipinski definition) is 4. The predicted octanol–water partition coefficient (Wildman–Crippen LogP) is -1.04. The number of rotatable bonds is 0. The summed E-state index contributed by atoms with van der Waals surface area (Å²) in [5, 5.41) is 3.84. The van der Waals surface area contributed by atoms with Gasteiger partial charge in [0.2, 0.25) is 0 Å². The normalized spacial score (nSPS) is 14.4. The van der Waals surface area contributed by atoms with Crippen molar-refractivity contribution in [3.05, 3.63) is 21.1 Å². The largest absolute Gasteiger partial charge is 0.346 e. The highest BCUT2D eigenvalue weighted by Gasteiger charge is 2.08. The van der Waals surface area contributed by atoms with E-state index in [1.807, 2.05) is 13.8 Å². The van der Waals surface area contributed by atoms with Gasteiger partial charge in [-0.2, -0.15) is 0 Å². The Morgan fingerprint density at radius 3 is 2.79 bits per heavy atom. The zero-order valence-corrected chi connectivity index (χ0v) is 8.01. The van der Waals surface area contributed by atoms with Crippen LogP contribution in [0, 0.1) is 0 Å². The molecule has 14 heavy (non-hydrogen) atoms. The lowest BCUT2D eigenvalue weighted by molar-refractivity contribution is 0.997. The molecule has 0 unspecified atom stereocenters. The third kappa shape index (κ3) is 1.22. The number of nitrogens with one attached hydrogen (secondary N) is 2. The van der Waals surface area contributed by atoms with Gasteiger partial charge in [0.1, 0.15) is 16.5 Å². The summed E-state index contributed by atoms with van der Waals surface area (Å²) in [5.74, 6) is 1.28. The number of H-pyrrole nitrogens is 1.